The lowest BCUT2D eigenvalue weighted by Crippen LogP contribution is -2.40. The van der Waals surface area contributed by atoms with Crippen LogP contribution in [0.4, 0.5) is 0 Å². The second kappa shape index (κ2) is 7.92. The third-order valence-corrected chi connectivity index (χ3v) is 4.43. The Morgan fingerprint density at radius 3 is 2.68 bits per heavy atom. The Morgan fingerprint density at radius 1 is 1.47 bits per heavy atom. The minimum Gasteiger partial charge on any atom is -0.395 e. The first kappa shape index (κ1) is 16.5. The summed E-state index contributed by atoms with van der Waals surface area (Å²) in [6.07, 6.45) is 0. The number of nitrogens with zero attached hydrogens (tertiary/aromatic N) is 1. The number of benzene rings is 1. The third kappa shape index (κ3) is 5.16. The second-order valence-electron chi connectivity index (χ2n) is 4.60. The number of aliphatic hydroxyl groups is 1. The number of carbonyl (C=O) groups excluding carboxylic acids is 1. The number of thioether (sulfide) groups is 1. The van der Waals surface area contributed by atoms with Gasteiger partial charge in [-0.25, -0.2) is 0 Å². The van der Waals surface area contributed by atoms with Crippen LogP contribution in [0.25, 0.3) is 0 Å². The molecule has 0 fully saturated rings. The van der Waals surface area contributed by atoms with E-state index < -0.39 is 0 Å². The van der Waals surface area contributed by atoms with Gasteiger partial charge in [-0.1, -0.05) is 15.9 Å². The number of hydrogen-bond acceptors (Lipinski definition) is 3. The van der Waals surface area contributed by atoms with Gasteiger partial charge in [0.05, 0.1) is 12.4 Å². The molecule has 0 aliphatic carbocycles. The first-order valence-electron chi connectivity index (χ1n) is 6.25. The summed E-state index contributed by atoms with van der Waals surface area (Å²) in [5, 5.41) is 8.99. The molecule has 1 aromatic rings. The first-order chi connectivity index (χ1) is 8.95. The highest BCUT2D eigenvalue weighted by Gasteiger charge is 2.16. The number of hydrogen-bond donors (Lipinski definition) is 1. The van der Waals surface area contributed by atoms with Crippen LogP contribution in [0.2, 0.25) is 0 Å². The van der Waals surface area contributed by atoms with Crippen LogP contribution < -0.4 is 0 Å². The molecule has 0 bridgehead atoms. The van der Waals surface area contributed by atoms with Crippen LogP contribution in [0, 0.1) is 6.92 Å². The lowest BCUT2D eigenvalue weighted by atomic mass is 10.2. The minimum atomic E-state index is 0.00585. The van der Waals surface area contributed by atoms with Crippen molar-refractivity contribution in [3.05, 3.63) is 28.2 Å². The zero-order valence-electron chi connectivity index (χ0n) is 11.5. The minimum absolute atomic E-state index is 0.00585. The van der Waals surface area contributed by atoms with Gasteiger partial charge in [0.1, 0.15) is 0 Å². The monoisotopic (exact) mass is 345 g/mol. The Labute approximate surface area is 127 Å². The molecular weight excluding hydrogens is 326 g/mol. The van der Waals surface area contributed by atoms with Crippen molar-refractivity contribution in [2.45, 2.75) is 31.7 Å². The molecule has 0 atom stereocenters. The van der Waals surface area contributed by atoms with Gasteiger partial charge in [-0.05, 0) is 44.5 Å². The van der Waals surface area contributed by atoms with Crippen molar-refractivity contribution in [1.82, 2.24) is 4.90 Å². The number of halogens is 1. The van der Waals surface area contributed by atoms with E-state index in [9.17, 15) is 4.79 Å². The molecule has 0 heterocycles. The molecular formula is C14H20BrNO2S. The topological polar surface area (TPSA) is 40.5 Å². The molecule has 19 heavy (non-hydrogen) atoms. The number of aryl methyl sites for hydroxylation is 1. The van der Waals surface area contributed by atoms with Gasteiger partial charge >= 0.3 is 0 Å². The third-order valence-electron chi connectivity index (χ3n) is 2.77. The maximum absolute atomic E-state index is 12.1. The van der Waals surface area contributed by atoms with Gasteiger partial charge in [0.2, 0.25) is 5.91 Å². The van der Waals surface area contributed by atoms with Gasteiger partial charge in [0, 0.05) is 22.0 Å². The molecule has 0 unspecified atom stereocenters. The Balaban J connectivity index is 2.62. The van der Waals surface area contributed by atoms with E-state index in [0.717, 1.165) is 14.9 Å². The summed E-state index contributed by atoms with van der Waals surface area (Å²) >= 11 is 4.97. The molecule has 0 saturated carbocycles. The number of aliphatic hydroxyl groups excluding tert-OH is 1. The Bertz CT molecular complexity index is 437. The van der Waals surface area contributed by atoms with E-state index in [-0.39, 0.29) is 18.6 Å². The van der Waals surface area contributed by atoms with Gasteiger partial charge in [-0.2, -0.15) is 0 Å². The van der Waals surface area contributed by atoms with Gasteiger partial charge in [0.25, 0.3) is 0 Å². The van der Waals surface area contributed by atoms with Crippen LogP contribution in [0.1, 0.15) is 19.4 Å². The normalized spacial score (nSPS) is 10.8. The second-order valence-corrected chi connectivity index (χ2v) is 6.54. The van der Waals surface area contributed by atoms with E-state index >= 15 is 0 Å². The highest BCUT2D eigenvalue weighted by molar-refractivity contribution is 9.10. The molecule has 0 saturated heterocycles. The van der Waals surface area contributed by atoms with E-state index in [1.54, 1.807) is 16.7 Å². The molecule has 0 spiro atoms. The summed E-state index contributed by atoms with van der Waals surface area (Å²) in [4.78, 5) is 14.9. The molecule has 0 aliphatic heterocycles. The molecule has 0 aliphatic rings. The van der Waals surface area contributed by atoms with Crippen molar-refractivity contribution in [3.8, 4) is 0 Å². The van der Waals surface area contributed by atoms with Crippen LogP contribution in [-0.4, -0.2) is 40.9 Å². The lowest BCUT2D eigenvalue weighted by Gasteiger charge is -2.25. The number of rotatable bonds is 6. The van der Waals surface area contributed by atoms with Gasteiger partial charge in [-0.3, -0.25) is 4.79 Å². The van der Waals surface area contributed by atoms with E-state index in [1.165, 1.54) is 0 Å². The molecule has 106 valence electrons. The van der Waals surface area contributed by atoms with Crippen LogP contribution in [0.5, 0.6) is 0 Å². The van der Waals surface area contributed by atoms with Crippen molar-refractivity contribution < 1.29 is 9.90 Å². The summed E-state index contributed by atoms with van der Waals surface area (Å²) in [5.41, 5.74) is 1.16. The average molecular weight is 346 g/mol. The number of amides is 1. The van der Waals surface area contributed by atoms with Gasteiger partial charge in [0.15, 0.2) is 0 Å². The highest BCUT2D eigenvalue weighted by Crippen LogP contribution is 2.25. The molecule has 1 N–H and O–H groups in total. The van der Waals surface area contributed by atoms with Crippen LogP contribution in [-0.2, 0) is 4.79 Å². The molecule has 1 aromatic carbocycles. The summed E-state index contributed by atoms with van der Waals surface area (Å²) in [7, 11) is 0. The van der Waals surface area contributed by atoms with Crippen molar-refractivity contribution in [2.75, 3.05) is 18.9 Å². The average Bonchev–Trinajstić information content (AvgIpc) is 2.34. The summed E-state index contributed by atoms with van der Waals surface area (Å²) < 4.78 is 1.05. The predicted molar refractivity (Wildman–Crippen MR) is 83.5 cm³/mol. The van der Waals surface area contributed by atoms with Crippen molar-refractivity contribution >= 4 is 33.6 Å². The first-order valence-corrected chi connectivity index (χ1v) is 8.03. The van der Waals surface area contributed by atoms with Crippen molar-refractivity contribution in [1.29, 1.82) is 0 Å². The Hall–Kier alpha value is -0.520. The zero-order chi connectivity index (χ0) is 14.4. The van der Waals surface area contributed by atoms with Crippen molar-refractivity contribution in [2.24, 2.45) is 0 Å². The summed E-state index contributed by atoms with van der Waals surface area (Å²) in [5.74, 6) is 0.470. The molecule has 0 radical (unpaired) electrons. The van der Waals surface area contributed by atoms with Crippen LogP contribution in [0.3, 0.4) is 0 Å². The van der Waals surface area contributed by atoms with E-state index in [2.05, 4.69) is 15.9 Å². The maximum Gasteiger partial charge on any atom is 0.233 e. The fourth-order valence-electron chi connectivity index (χ4n) is 1.78. The predicted octanol–water partition coefficient (Wildman–Crippen LogP) is 3.08. The van der Waals surface area contributed by atoms with Gasteiger partial charge in [-0.15, -0.1) is 11.8 Å². The lowest BCUT2D eigenvalue weighted by molar-refractivity contribution is -0.130. The molecule has 3 nitrogen and oxygen atoms in total. The molecule has 1 rings (SSSR count). The van der Waals surface area contributed by atoms with E-state index in [0.29, 0.717) is 12.3 Å². The smallest absolute Gasteiger partial charge is 0.233 e. The molecule has 0 aromatic heterocycles. The van der Waals surface area contributed by atoms with Crippen LogP contribution >= 0.6 is 27.7 Å². The molecule has 5 heteroatoms. The fourth-order valence-corrected chi connectivity index (χ4v) is 3.15. The maximum atomic E-state index is 12.1. The zero-order valence-corrected chi connectivity index (χ0v) is 13.9. The molecule has 1 amide bonds. The quantitative estimate of drug-likeness (QED) is 0.805. The Kier molecular flexibility index (Phi) is 6.89. The SMILES string of the molecule is Cc1cc(Br)ccc1SCC(=O)N(CCO)C(C)C. The fraction of sp³-hybridized carbons (Fsp3) is 0.500. The largest absolute Gasteiger partial charge is 0.395 e. The van der Waals surface area contributed by atoms with Crippen LogP contribution in [0.15, 0.2) is 27.6 Å². The number of carbonyl (C=O) groups is 1. The van der Waals surface area contributed by atoms with E-state index in [1.807, 2.05) is 39.0 Å². The van der Waals surface area contributed by atoms with Crippen molar-refractivity contribution in [3.63, 3.8) is 0 Å². The summed E-state index contributed by atoms with van der Waals surface area (Å²) in [6, 6.07) is 6.16. The highest BCUT2D eigenvalue weighted by atomic mass is 79.9. The Morgan fingerprint density at radius 2 is 2.16 bits per heavy atom. The standard InChI is InChI=1S/C14H20BrNO2S/c1-10(2)16(6-7-17)14(18)9-19-13-5-4-12(15)8-11(13)3/h4-5,8,10,17H,6-7,9H2,1-3H3. The van der Waals surface area contributed by atoms with Gasteiger partial charge < -0.3 is 10.0 Å². The van der Waals surface area contributed by atoms with E-state index in [4.69, 9.17) is 5.11 Å². The summed E-state index contributed by atoms with van der Waals surface area (Å²) in [6.45, 7) is 6.36.